The van der Waals surface area contributed by atoms with E-state index in [2.05, 4.69) is 16.9 Å². The molecular formula is C15H17NO2SSe. The average Bonchev–Trinajstić information content (AvgIpc) is 2.42. The van der Waals surface area contributed by atoms with Crippen molar-refractivity contribution in [2.75, 3.05) is 4.72 Å². The van der Waals surface area contributed by atoms with Gasteiger partial charge in [-0.25, -0.2) is 0 Å². The number of rotatable bonds is 5. The van der Waals surface area contributed by atoms with Gasteiger partial charge in [-0.2, -0.15) is 0 Å². The zero-order valence-electron chi connectivity index (χ0n) is 11.4. The first kappa shape index (κ1) is 15.1. The second-order valence-electron chi connectivity index (χ2n) is 4.61. The maximum atomic E-state index is 12.0. The summed E-state index contributed by atoms with van der Waals surface area (Å²) < 4.78 is 29.0. The van der Waals surface area contributed by atoms with Crippen LogP contribution in [0.5, 0.6) is 0 Å². The monoisotopic (exact) mass is 355 g/mol. The molecule has 0 heterocycles. The molecule has 0 fully saturated rings. The average molecular weight is 354 g/mol. The molecule has 0 aliphatic carbocycles. The Bertz CT molecular complexity index is 669. The third kappa shape index (κ3) is 3.85. The standard InChI is InChI=1S/C15H17NO2SSe/c1-12(2)19(17,18)16-14-10-6-7-11-15(14)20-13-8-4-3-5-9-13/h3-12,16H,1-2H3. The van der Waals surface area contributed by atoms with Crippen LogP contribution in [-0.4, -0.2) is 28.6 Å². The van der Waals surface area contributed by atoms with Crippen LogP contribution in [0.1, 0.15) is 13.8 Å². The topological polar surface area (TPSA) is 46.2 Å². The minimum atomic E-state index is -3.31. The second-order valence-corrected chi connectivity index (χ2v) is 9.18. The molecule has 2 rings (SSSR count). The molecule has 0 bridgehead atoms. The van der Waals surface area contributed by atoms with Crippen LogP contribution >= 0.6 is 0 Å². The van der Waals surface area contributed by atoms with Gasteiger partial charge in [0.25, 0.3) is 0 Å². The van der Waals surface area contributed by atoms with E-state index in [1.54, 1.807) is 13.8 Å². The molecular weight excluding hydrogens is 337 g/mol. The summed E-state index contributed by atoms with van der Waals surface area (Å²) in [6, 6.07) is 17.7. The number of hydrogen-bond donors (Lipinski definition) is 1. The summed E-state index contributed by atoms with van der Waals surface area (Å²) in [5.41, 5.74) is 0.685. The van der Waals surface area contributed by atoms with E-state index in [9.17, 15) is 8.42 Å². The first-order valence-electron chi connectivity index (χ1n) is 6.32. The van der Waals surface area contributed by atoms with E-state index < -0.39 is 15.3 Å². The fourth-order valence-electron chi connectivity index (χ4n) is 1.53. The van der Waals surface area contributed by atoms with Crippen molar-refractivity contribution in [3.8, 4) is 0 Å². The number of benzene rings is 2. The zero-order chi connectivity index (χ0) is 14.6. The van der Waals surface area contributed by atoms with Gasteiger partial charge in [0.2, 0.25) is 0 Å². The Kier molecular flexibility index (Phi) is 4.86. The Morgan fingerprint density at radius 2 is 1.55 bits per heavy atom. The summed E-state index contributed by atoms with van der Waals surface area (Å²) >= 11 is 0.0807. The molecule has 0 saturated carbocycles. The van der Waals surface area contributed by atoms with Gasteiger partial charge in [-0.1, -0.05) is 0 Å². The molecule has 0 amide bonds. The Labute approximate surface area is 126 Å². The van der Waals surface area contributed by atoms with Gasteiger partial charge < -0.3 is 0 Å². The molecule has 2 aromatic rings. The third-order valence-corrected chi connectivity index (χ3v) is 6.75. The number of anilines is 1. The summed E-state index contributed by atoms with van der Waals surface area (Å²) in [5, 5.41) is -0.445. The molecule has 5 heteroatoms. The summed E-state index contributed by atoms with van der Waals surface area (Å²) in [4.78, 5) is 0. The van der Waals surface area contributed by atoms with Crippen LogP contribution in [0, 0.1) is 0 Å². The van der Waals surface area contributed by atoms with Gasteiger partial charge in [-0.3, -0.25) is 0 Å². The van der Waals surface area contributed by atoms with E-state index in [1.807, 2.05) is 42.5 Å². The predicted molar refractivity (Wildman–Crippen MR) is 85.6 cm³/mol. The van der Waals surface area contributed by atoms with Crippen molar-refractivity contribution in [3.05, 3.63) is 54.6 Å². The van der Waals surface area contributed by atoms with Crippen LogP contribution in [0.4, 0.5) is 5.69 Å². The second kappa shape index (κ2) is 6.44. The minimum absolute atomic E-state index is 0.0807. The number of nitrogens with one attached hydrogen (secondary N) is 1. The van der Waals surface area contributed by atoms with Crippen LogP contribution in [-0.2, 0) is 10.0 Å². The van der Waals surface area contributed by atoms with E-state index in [1.165, 1.54) is 4.46 Å². The number of para-hydroxylation sites is 1. The van der Waals surface area contributed by atoms with E-state index in [-0.39, 0.29) is 15.0 Å². The summed E-state index contributed by atoms with van der Waals surface area (Å²) in [7, 11) is -3.31. The Hall–Kier alpha value is -1.29. The summed E-state index contributed by atoms with van der Waals surface area (Å²) in [5.74, 6) is 0. The summed E-state index contributed by atoms with van der Waals surface area (Å²) in [6.07, 6.45) is 0. The third-order valence-electron chi connectivity index (χ3n) is 2.73. The van der Waals surface area contributed by atoms with E-state index in [0.29, 0.717) is 5.69 Å². The van der Waals surface area contributed by atoms with Crippen LogP contribution in [0.3, 0.4) is 0 Å². The van der Waals surface area contributed by atoms with Crippen molar-refractivity contribution in [1.82, 2.24) is 0 Å². The Morgan fingerprint density at radius 1 is 0.950 bits per heavy atom. The quantitative estimate of drug-likeness (QED) is 0.827. The van der Waals surface area contributed by atoms with Crippen molar-refractivity contribution in [3.63, 3.8) is 0 Å². The number of hydrogen-bond acceptors (Lipinski definition) is 2. The van der Waals surface area contributed by atoms with Gasteiger partial charge in [0.15, 0.2) is 0 Å². The maximum absolute atomic E-state index is 12.0. The van der Waals surface area contributed by atoms with E-state index in [0.717, 1.165) is 4.46 Å². The molecule has 20 heavy (non-hydrogen) atoms. The van der Waals surface area contributed by atoms with E-state index >= 15 is 0 Å². The molecule has 1 N–H and O–H groups in total. The van der Waals surface area contributed by atoms with Crippen molar-refractivity contribution in [2.45, 2.75) is 19.1 Å². The Morgan fingerprint density at radius 3 is 2.20 bits per heavy atom. The van der Waals surface area contributed by atoms with Gasteiger partial charge in [-0.05, 0) is 0 Å². The fourth-order valence-corrected chi connectivity index (χ4v) is 4.33. The zero-order valence-corrected chi connectivity index (χ0v) is 13.9. The van der Waals surface area contributed by atoms with Crippen LogP contribution in [0.25, 0.3) is 0 Å². The van der Waals surface area contributed by atoms with Crippen molar-refractivity contribution in [1.29, 1.82) is 0 Å². The van der Waals surface area contributed by atoms with Crippen molar-refractivity contribution >= 4 is 39.6 Å². The van der Waals surface area contributed by atoms with Crippen LogP contribution in [0.2, 0.25) is 0 Å². The van der Waals surface area contributed by atoms with E-state index in [4.69, 9.17) is 0 Å². The normalized spacial score (nSPS) is 11.6. The molecule has 0 unspecified atom stereocenters. The SMILES string of the molecule is CC(C)S(=O)(=O)Nc1ccccc1[Se]c1ccccc1. The van der Waals surface area contributed by atoms with Gasteiger partial charge in [0.1, 0.15) is 0 Å². The Balaban J connectivity index is 2.27. The molecule has 0 aliphatic rings. The number of sulfonamides is 1. The first-order chi connectivity index (χ1) is 9.49. The first-order valence-corrected chi connectivity index (χ1v) is 9.58. The van der Waals surface area contributed by atoms with Crippen molar-refractivity contribution in [2.24, 2.45) is 0 Å². The predicted octanol–water partition coefficient (Wildman–Crippen LogP) is 1.49. The summed E-state index contributed by atoms with van der Waals surface area (Å²) in [6.45, 7) is 3.35. The molecule has 0 radical (unpaired) electrons. The molecule has 0 aromatic heterocycles. The molecule has 0 atom stereocenters. The molecule has 3 nitrogen and oxygen atoms in total. The molecule has 106 valence electrons. The van der Waals surface area contributed by atoms with Gasteiger partial charge in [0.05, 0.1) is 0 Å². The van der Waals surface area contributed by atoms with Gasteiger partial charge in [-0.15, -0.1) is 0 Å². The molecule has 2 aromatic carbocycles. The van der Waals surface area contributed by atoms with Crippen molar-refractivity contribution < 1.29 is 8.42 Å². The van der Waals surface area contributed by atoms with Crippen LogP contribution < -0.4 is 13.6 Å². The van der Waals surface area contributed by atoms with Gasteiger partial charge in [0, 0.05) is 0 Å². The fraction of sp³-hybridized carbons (Fsp3) is 0.200. The molecule has 0 spiro atoms. The van der Waals surface area contributed by atoms with Crippen LogP contribution in [0.15, 0.2) is 54.6 Å². The molecule has 0 saturated heterocycles. The molecule has 0 aliphatic heterocycles. The van der Waals surface area contributed by atoms with Gasteiger partial charge >= 0.3 is 126 Å².